The Hall–Kier alpha value is -2.49. The first-order valence-corrected chi connectivity index (χ1v) is 6.67. The van der Waals surface area contributed by atoms with E-state index in [1.165, 1.54) is 18.7 Å². The van der Waals surface area contributed by atoms with Crippen LogP contribution in [-0.2, 0) is 12.8 Å². The fourth-order valence-corrected chi connectivity index (χ4v) is 2.25. The molecule has 110 valence electrons. The number of aryl methyl sites for hydroxylation is 2. The van der Waals surface area contributed by atoms with Crippen molar-refractivity contribution in [2.75, 3.05) is 14.2 Å². The Balaban J connectivity index is 2.30. The van der Waals surface area contributed by atoms with Gasteiger partial charge < -0.3 is 14.6 Å². The zero-order valence-corrected chi connectivity index (χ0v) is 12.1. The standard InChI is InChI=1S/C17H18O4/c1-20-15-10-13(9-8-12-6-4-3-5-7-12)14(17(18)19)11-16(15)21-2/h3-7,10-11H,8-9H2,1-2H3,(H,18,19). The van der Waals surface area contributed by atoms with E-state index in [2.05, 4.69) is 0 Å². The molecule has 0 aliphatic heterocycles. The summed E-state index contributed by atoms with van der Waals surface area (Å²) in [4.78, 5) is 11.4. The first-order chi connectivity index (χ1) is 10.2. The molecule has 0 bridgehead atoms. The van der Waals surface area contributed by atoms with E-state index in [4.69, 9.17) is 9.47 Å². The molecule has 0 aliphatic rings. The van der Waals surface area contributed by atoms with Crippen LogP contribution in [0.5, 0.6) is 11.5 Å². The van der Waals surface area contributed by atoms with Crippen LogP contribution in [0.1, 0.15) is 21.5 Å². The molecular formula is C17H18O4. The summed E-state index contributed by atoms with van der Waals surface area (Å²) in [5.41, 5.74) is 2.16. The van der Waals surface area contributed by atoms with Crippen molar-refractivity contribution in [3.63, 3.8) is 0 Å². The predicted octanol–water partition coefficient (Wildman–Crippen LogP) is 3.19. The number of carboxylic acids is 1. The Morgan fingerprint density at radius 1 is 1.00 bits per heavy atom. The minimum Gasteiger partial charge on any atom is -0.493 e. The molecule has 2 aromatic carbocycles. The molecule has 0 saturated carbocycles. The highest BCUT2D eigenvalue weighted by molar-refractivity contribution is 5.90. The van der Waals surface area contributed by atoms with Gasteiger partial charge in [-0.05, 0) is 36.1 Å². The number of hydrogen-bond acceptors (Lipinski definition) is 3. The molecule has 4 heteroatoms. The summed E-state index contributed by atoms with van der Waals surface area (Å²) in [5.74, 6) is 0.0166. The third-order valence-corrected chi connectivity index (χ3v) is 3.37. The van der Waals surface area contributed by atoms with Gasteiger partial charge in [0.05, 0.1) is 19.8 Å². The Morgan fingerprint density at radius 2 is 1.62 bits per heavy atom. The van der Waals surface area contributed by atoms with Gasteiger partial charge in [0.25, 0.3) is 0 Å². The third-order valence-electron chi connectivity index (χ3n) is 3.37. The maximum Gasteiger partial charge on any atom is 0.336 e. The molecule has 1 N–H and O–H groups in total. The van der Waals surface area contributed by atoms with Gasteiger partial charge in [0.1, 0.15) is 0 Å². The second-order valence-electron chi connectivity index (χ2n) is 4.66. The molecular weight excluding hydrogens is 268 g/mol. The third kappa shape index (κ3) is 3.54. The smallest absolute Gasteiger partial charge is 0.336 e. The van der Waals surface area contributed by atoms with Crippen LogP contribution in [-0.4, -0.2) is 25.3 Å². The summed E-state index contributed by atoms with van der Waals surface area (Å²) >= 11 is 0. The molecule has 4 nitrogen and oxygen atoms in total. The van der Waals surface area contributed by atoms with Crippen molar-refractivity contribution in [1.82, 2.24) is 0 Å². The largest absolute Gasteiger partial charge is 0.493 e. The van der Waals surface area contributed by atoms with Gasteiger partial charge in [0.2, 0.25) is 0 Å². The SMILES string of the molecule is COc1cc(CCc2ccccc2)c(C(=O)O)cc1OC. The summed E-state index contributed by atoms with van der Waals surface area (Å²) in [6.45, 7) is 0. The van der Waals surface area contributed by atoms with Crippen LogP contribution in [0.4, 0.5) is 0 Å². The van der Waals surface area contributed by atoms with Crippen molar-refractivity contribution in [3.05, 3.63) is 59.2 Å². The van der Waals surface area contributed by atoms with Crippen molar-refractivity contribution in [1.29, 1.82) is 0 Å². The van der Waals surface area contributed by atoms with Crippen LogP contribution in [0.2, 0.25) is 0 Å². The molecule has 2 rings (SSSR count). The number of aromatic carboxylic acids is 1. The number of carbonyl (C=O) groups is 1. The zero-order valence-electron chi connectivity index (χ0n) is 12.1. The molecule has 0 amide bonds. The lowest BCUT2D eigenvalue weighted by atomic mass is 9.99. The number of carboxylic acid groups (broad SMARTS) is 1. The number of benzene rings is 2. The van der Waals surface area contributed by atoms with Gasteiger partial charge in [0, 0.05) is 0 Å². The lowest BCUT2D eigenvalue weighted by molar-refractivity contribution is 0.0695. The molecule has 0 radical (unpaired) electrons. The second-order valence-corrected chi connectivity index (χ2v) is 4.66. The van der Waals surface area contributed by atoms with Crippen LogP contribution >= 0.6 is 0 Å². The molecule has 0 atom stereocenters. The fourth-order valence-electron chi connectivity index (χ4n) is 2.25. The van der Waals surface area contributed by atoms with Crippen LogP contribution in [0.3, 0.4) is 0 Å². The maximum absolute atomic E-state index is 11.4. The van der Waals surface area contributed by atoms with Crippen molar-refractivity contribution in [2.45, 2.75) is 12.8 Å². The first kappa shape index (κ1) is 14.9. The van der Waals surface area contributed by atoms with E-state index in [-0.39, 0.29) is 5.56 Å². The minimum absolute atomic E-state index is 0.253. The second kappa shape index (κ2) is 6.79. The predicted molar refractivity (Wildman–Crippen MR) is 80.4 cm³/mol. The number of hydrogen-bond donors (Lipinski definition) is 1. The minimum atomic E-state index is -0.959. The van der Waals surface area contributed by atoms with Crippen molar-refractivity contribution < 1.29 is 19.4 Å². The molecule has 2 aromatic rings. The summed E-state index contributed by atoms with van der Waals surface area (Å²) < 4.78 is 10.4. The molecule has 0 unspecified atom stereocenters. The van der Waals surface area contributed by atoms with Gasteiger partial charge in [0.15, 0.2) is 11.5 Å². The summed E-state index contributed by atoms with van der Waals surface area (Å²) in [7, 11) is 3.03. The van der Waals surface area contributed by atoms with Crippen molar-refractivity contribution in [2.24, 2.45) is 0 Å². The molecule has 0 spiro atoms. The van der Waals surface area contributed by atoms with E-state index >= 15 is 0 Å². The summed E-state index contributed by atoms with van der Waals surface area (Å²) in [5, 5.41) is 9.35. The fraction of sp³-hybridized carbons (Fsp3) is 0.235. The highest BCUT2D eigenvalue weighted by atomic mass is 16.5. The summed E-state index contributed by atoms with van der Waals surface area (Å²) in [6, 6.07) is 13.2. The van der Waals surface area contributed by atoms with Gasteiger partial charge in [-0.2, -0.15) is 0 Å². The van der Waals surface area contributed by atoms with Gasteiger partial charge in [-0.1, -0.05) is 30.3 Å². The Kier molecular flexibility index (Phi) is 4.82. The van der Waals surface area contributed by atoms with Gasteiger partial charge in [-0.3, -0.25) is 0 Å². The number of ether oxygens (including phenoxy) is 2. The van der Waals surface area contributed by atoms with Crippen LogP contribution in [0.25, 0.3) is 0 Å². The Bertz CT molecular complexity index is 620. The molecule has 21 heavy (non-hydrogen) atoms. The average Bonchev–Trinajstić information content (AvgIpc) is 2.52. The van der Waals surface area contributed by atoms with E-state index in [0.717, 1.165) is 12.0 Å². The molecule has 0 aromatic heterocycles. The van der Waals surface area contributed by atoms with E-state index in [0.29, 0.717) is 17.9 Å². The van der Waals surface area contributed by atoms with E-state index in [1.807, 2.05) is 30.3 Å². The van der Waals surface area contributed by atoms with Crippen molar-refractivity contribution in [3.8, 4) is 11.5 Å². The topological polar surface area (TPSA) is 55.8 Å². The number of methoxy groups -OCH3 is 2. The molecule has 0 aliphatic carbocycles. The van der Waals surface area contributed by atoms with Crippen LogP contribution in [0.15, 0.2) is 42.5 Å². The quantitative estimate of drug-likeness (QED) is 0.886. The highest BCUT2D eigenvalue weighted by Crippen LogP contribution is 2.31. The van der Waals surface area contributed by atoms with E-state index in [9.17, 15) is 9.90 Å². The van der Waals surface area contributed by atoms with Crippen LogP contribution < -0.4 is 9.47 Å². The summed E-state index contributed by atoms with van der Waals surface area (Å²) in [6.07, 6.45) is 1.41. The molecule has 0 saturated heterocycles. The zero-order chi connectivity index (χ0) is 15.2. The van der Waals surface area contributed by atoms with Gasteiger partial charge in [-0.25, -0.2) is 4.79 Å². The lowest BCUT2D eigenvalue weighted by Crippen LogP contribution is -2.06. The maximum atomic E-state index is 11.4. The Labute approximate surface area is 123 Å². The highest BCUT2D eigenvalue weighted by Gasteiger charge is 2.16. The van der Waals surface area contributed by atoms with Gasteiger partial charge >= 0.3 is 5.97 Å². The monoisotopic (exact) mass is 286 g/mol. The van der Waals surface area contributed by atoms with E-state index in [1.54, 1.807) is 13.2 Å². The van der Waals surface area contributed by atoms with Gasteiger partial charge in [-0.15, -0.1) is 0 Å². The van der Waals surface area contributed by atoms with Crippen molar-refractivity contribution >= 4 is 5.97 Å². The normalized spacial score (nSPS) is 10.2. The number of rotatable bonds is 6. The van der Waals surface area contributed by atoms with Crippen LogP contribution in [0, 0.1) is 0 Å². The first-order valence-electron chi connectivity index (χ1n) is 6.67. The van der Waals surface area contributed by atoms with E-state index < -0.39 is 5.97 Å². The average molecular weight is 286 g/mol. The molecule has 0 fully saturated rings. The Morgan fingerprint density at radius 3 is 2.19 bits per heavy atom. The molecule has 0 heterocycles. The lowest BCUT2D eigenvalue weighted by Gasteiger charge is -2.13.